The SMILES string of the molecule is COc1cc2c(cc1N1CCOCC1)CC(CCCC(F)(F)F)C2=O. The lowest BCUT2D eigenvalue weighted by Crippen LogP contribution is -2.36. The van der Waals surface area contributed by atoms with E-state index in [1.807, 2.05) is 6.07 Å². The number of ketones is 1. The summed E-state index contributed by atoms with van der Waals surface area (Å²) in [7, 11) is 1.56. The maximum Gasteiger partial charge on any atom is 0.389 e. The summed E-state index contributed by atoms with van der Waals surface area (Å²) in [5.74, 6) is 0.205. The number of halogens is 3. The summed E-state index contributed by atoms with van der Waals surface area (Å²) >= 11 is 0. The van der Waals surface area contributed by atoms with Gasteiger partial charge in [-0.3, -0.25) is 4.79 Å². The fraction of sp³-hybridized carbons (Fsp3) is 0.611. The fourth-order valence-corrected chi connectivity index (χ4v) is 3.58. The second-order valence-electron chi connectivity index (χ2n) is 6.55. The van der Waals surface area contributed by atoms with Gasteiger partial charge in [-0.2, -0.15) is 13.2 Å². The van der Waals surface area contributed by atoms with Crippen molar-refractivity contribution in [2.24, 2.45) is 5.92 Å². The standard InChI is InChI=1S/C18H22F3NO3/c1-24-16-11-14-13(10-15(16)22-5-7-25-8-6-22)9-12(17(14)23)3-2-4-18(19,20)21/h10-12H,2-9H2,1H3. The van der Waals surface area contributed by atoms with E-state index in [-0.39, 0.29) is 24.5 Å². The van der Waals surface area contributed by atoms with Crippen LogP contribution in [-0.2, 0) is 11.2 Å². The zero-order valence-corrected chi connectivity index (χ0v) is 14.2. The van der Waals surface area contributed by atoms with Crippen LogP contribution < -0.4 is 9.64 Å². The number of carbonyl (C=O) groups is 1. The molecule has 1 aliphatic carbocycles. The third-order valence-corrected chi connectivity index (χ3v) is 4.87. The third-order valence-electron chi connectivity index (χ3n) is 4.87. The molecule has 1 fully saturated rings. The molecule has 0 aromatic heterocycles. The number of ether oxygens (including phenoxy) is 2. The van der Waals surface area contributed by atoms with E-state index in [4.69, 9.17) is 9.47 Å². The van der Waals surface area contributed by atoms with Crippen molar-refractivity contribution in [3.8, 4) is 5.75 Å². The Hall–Kier alpha value is -1.76. The van der Waals surface area contributed by atoms with Gasteiger partial charge in [0.2, 0.25) is 0 Å². The molecule has 2 aliphatic rings. The van der Waals surface area contributed by atoms with Crippen molar-refractivity contribution in [2.45, 2.75) is 31.9 Å². The van der Waals surface area contributed by atoms with Gasteiger partial charge < -0.3 is 14.4 Å². The Kier molecular flexibility index (Phi) is 5.22. The molecule has 0 N–H and O–H groups in total. The average molecular weight is 357 g/mol. The Labute approximate surface area is 144 Å². The Morgan fingerprint density at radius 3 is 2.64 bits per heavy atom. The molecule has 0 spiro atoms. The van der Waals surface area contributed by atoms with Gasteiger partial charge in [0.05, 0.1) is 26.0 Å². The van der Waals surface area contributed by atoms with Gasteiger partial charge in [-0.1, -0.05) is 0 Å². The third kappa shape index (κ3) is 4.08. The number of hydrogen-bond donors (Lipinski definition) is 0. The van der Waals surface area contributed by atoms with Gasteiger partial charge in [-0.15, -0.1) is 0 Å². The summed E-state index contributed by atoms with van der Waals surface area (Å²) in [6.45, 7) is 2.77. The van der Waals surface area contributed by atoms with E-state index in [0.717, 1.165) is 24.3 Å². The molecule has 1 heterocycles. The summed E-state index contributed by atoms with van der Waals surface area (Å²) < 4.78 is 47.8. The van der Waals surface area contributed by atoms with Crippen LogP contribution in [0.3, 0.4) is 0 Å². The number of hydrogen-bond acceptors (Lipinski definition) is 4. The molecule has 1 unspecified atom stereocenters. The summed E-state index contributed by atoms with van der Waals surface area (Å²) in [5, 5.41) is 0. The monoisotopic (exact) mass is 357 g/mol. The molecule has 138 valence electrons. The maximum absolute atomic E-state index is 12.5. The van der Waals surface area contributed by atoms with Gasteiger partial charge in [-0.05, 0) is 37.0 Å². The maximum atomic E-state index is 12.5. The Bertz CT molecular complexity index is 639. The number of anilines is 1. The van der Waals surface area contributed by atoms with Crippen LogP contribution in [0.25, 0.3) is 0 Å². The lowest BCUT2D eigenvalue weighted by atomic mass is 9.98. The number of alkyl halides is 3. The number of benzene rings is 1. The minimum atomic E-state index is -4.17. The summed E-state index contributed by atoms with van der Waals surface area (Å²) in [5.41, 5.74) is 2.42. The molecule has 25 heavy (non-hydrogen) atoms. The zero-order chi connectivity index (χ0) is 18.0. The minimum Gasteiger partial charge on any atom is -0.495 e. The minimum absolute atomic E-state index is 0.0125. The number of morpholine rings is 1. The number of methoxy groups -OCH3 is 1. The van der Waals surface area contributed by atoms with Crippen molar-refractivity contribution in [3.63, 3.8) is 0 Å². The van der Waals surface area contributed by atoms with Crippen LogP contribution in [0.4, 0.5) is 18.9 Å². The van der Waals surface area contributed by atoms with E-state index in [1.54, 1.807) is 13.2 Å². The van der Waals surface area contributed by atoms with Gasteiger partial charge in [0, 0.05) is 31.0 Å². The zero-order valence-electron chi connectivity index (χ0n) is 14.2. The van der Waals surface area contributed by atoms with Crippen LogP contribution in [0, 0.1) is 5.92 Å². The lowest BCUT2D eigenvalue weighted by Gasteiger charge is -2.30. The highest BCUT2D eigenvalue weighted by Gasteiger charge is 2.34. The van der Waals surface area contributed by atoms with Gasteiger partial charge in [0.25, 0.3) is 0 Å². The average Bonchev–Trinajstić information content (AvgIpc) is 2.89. The lowest BCUT2D eigenvalue weighted by molar-refractivity contribution is -0.135. The van der Waals surface area contributed by atoms with Crippen molar-refractivity contribution in [1.82, 2.24) is 0 Å². The number of rotatable bonds is 5. The van der Waals surface area contributed by atoms with E-state index >= 15 is 0 Å². The number of nitrogens with zero attached hydrogens (tertiary/aromatic N) is 1. The van der Waals surface area contributed by atoms with Gasteiger partial charge in [-0.25, -0.2) is 0 Å². The molecule has 0 radical (unpaired) electrons. The van der Waals surface area contributed by atoms with Crippen molar-refractivity contribution >= 4 is 11.5 Å². The molecule has 0 amide bonds. The largest absolute Gasteiger partial charge is 0.495 e. The van der Waals surface area contributed by atoms with Crippen LogP contribution in [-0.4, -0.2) is 45.4 Å². The fourth-order valence-electron chi connectivity index (χ4n) is 3.58. The van der Waals surface area contributed by atoms with E-state index < -0.39 is 12.6 Å². The number of Topliss-reactive ketones (excluding diaryl/α,β-unsaturated/α-hetero) is 1. The van der Waals surface area contributed by atoms with Gasteiger partial charge in [0.1, 0.15) is 5.75 Å². The first-order chi connectivity index (χ1) is 11.9. The molecule has 7 heteroatoms. The van der Waals surface area contributed by atoms with Crippen molar-refractivity contribution in [1.29, 1.82) is 0 Å². The molecule has 1 saturated heterocycles. The van der Waals surface area contributed by atoms with E-state index in [2.05, 4.69) is 4.90 Å². The molecule has 0 saturated carbocycles. The molecule has 1 aromatic rings. The molecule has 4 nitrogen and oxygen atoms in total. The molecular weight excluding hydrogens is 335 g/mol. The van der Waals surface area contributed by atoms with Crippen LogP contribution in [0.1, 0.15) is 35.2 Å². The van der Waals surface area contributed by atoms with Crippen molar-refractivity contribution in [3.05, 3.63) is 23.3 Å². The summed E-state index contributed by atoms with van der Waals surface area (Å²) in [6, 6.07) is 3.70. The number of fused-ring (bicyclic) bond motifs is 1. The molecule has 1 aliphatic heterocycles. The predicted molar refractivity (Wildman–Crippen MR) is 87.5 cm³/mol. The van der Waals surface area contributed by atoms with Gasteiger partial charge in [0.15, 0.2) is 5.78 Å². The second-order valence-corrected chi connectivity index (χ2v) is 6.55. The summed E-state index contributed by atoms with van der Waals surface area (Å²) in [6.07, 6.45) is -4.24. The Morgan fingerprint density at radius 1 is 1.28 bits per heavy atom. The van der Waals surface area contributed by atoms with Crippen LogP contribution in [0.2, 0.25) is 0 Å². The van der Waals surface area contributed by atoms with Crippen LogP contribution in [0.5, 0.6) is 5.75 Å². The molecule has 3 rings (SSSR count). The summed E-state index contributed by atoms with van der Waals surface area (Å²) in [4.78, 5) is 14.7. The Balaban J connectivity index is 1.75. The molecule has 0 bridgehead atoms. The molecule has 1 aromatic carbocycles. The second kappa shape index (κ2) is 7.23. The first kappa shape index (κ1) is 18.0. The highest BCUT2D eigenvalue weighted by atomic mass is 19.4. The van der Waals surface area contributed by atoms with Crippen LogP contribution in [0.15, 0.2) is 12.1 Å². The van der Waals surface area contributed by atoms with Gasteiger partial charge >= 0.3 is 6.18 Å². The highest BCUT2D eigenvalue weighted by molar-refractivity contribution is 6.03. The van der Waals surface area contributed by atoms with E-state index in [1.165, 1.54) is 0 Å². The first-order valence-corrected chi connectivity index (χ1v) is 8.53. The normalized spacial score (nSPS) is 20.7. The van der Waals surface area contributed by atoms with Crippen LogP contribution >= 0.6 is 0 Å². The number of carbonyl (C=O) groups excluding carboxylic acids is 1. The van der Waals surface area contributed by atoms with Crippen molar-refractivity contribution < 1.29 is 27.4 Å². The topological polar surface area (TPSA) is 38.8 Å². The highest BCUT2D eigenvalue weighted by Crippen LogP contribution is 2.39. The first-order valence-electron chi connectivity index (χ1n) is 8.53. The van der Waals surface area contributed by atoms with E-state index in [0.29, 0.717) is 30.9 Å². The molecule has 1 atom stereocenters. The quantitative estimate of drug-likeness (QED) is 0.807. The smallest absolute Gasteiger partial charge is 0.389 e. The van der Waals surface area contributed by atoms with E-state index in [9.17, 15) is 18.0 Å². The van der Waals surface area contributed by atoms with Crippen molar-refractivity contribution in [2.75, 3.05) is 38.3 Å². The predicted octanol–water partition coefficient (Wildman–Crippen LogP) is 3.62. The molecular formula is C18H22F3NO3. The Morgan fingerprint density at radius 2 is 2.00 bits per heavy atom.